The molecule has 172 valence electrons. The van der Waals surface area contributed by atoms with Crippen molar-refractivity contribution in [3.8, 4) is 0 Å². The van der Waals surface area contributed by atoms with Crippen LogP contribution in [0.3, 0.4) is 0 Å². The van der Waals surface area contributed by atoms with Gasteiger partial charge in [0, 0.05) is 37.5 Å². The summed E-state index contributed by atoms with van der Waals surface area (Å²) in [6, 6.07) is 1.75. The molecule has 2 aromatic rings. The highest BCUT2D eigenvalue weighted by Gasteiger charge is 2.38. The van der Waals surface area contributed by atoms with Gasteiger partial charge in [-0.15, -0.1) is 0 Å². The fraction of sp³-hybridized carbons (Fsp3) is 0.455. The Morgan fingerprint density at radius 1 is 1.12 bits per heavy atom. The van der Waals surface area contributed by atoms with Crippen molar-refractivity contribution < 1.29 is 27.8 Å². The van der Waals surface area contributed by atoms with Crippen molar-refractivity contribution in [1.29, 1.82) is 0 Å². The predicted molar refractivity (Wildman–Crippen MR) is 113 cm³/mol. The lowest BCUT2D eigenvalue weighted by Gasteiger charge is -2.24. The smallest absolute Gasteiger partial charge is 0.407 e. The third-order valence-corrected chi connectivity index (χ3v) is 5.04. The summed E-state index contributed by atoms with van der Waals surface area (Å²) in [4.78, 5) is 34.2. The van der Waals surface area contributed by atoms with E-state index in [1.165, 1.54) is 25.6 Å². The molecule has 1 aliphatic rings. The van der Waals surface area contributed by atoms with Crippen molar-refractivity contribution >= 4 is 18.0 Å². The van der Waals surface area contributed by atoms with Crippen LogP contribution in [0.1, 0.15) is 48.2 Å². The van der Waals surface area contributed by atoms with Crippen molar-refractivity contribution in [2.75, 3.05) is 25.1 Å². The van der Waals surface area contributed by atoms with E-state index in [0.717, 1.165) is 6.07 Å². The number of nitrogens with zero attached hydrogens (tertiary/aromatic N) is 3. The van der Waals surface area contributed by atoms with Gasteiger partial charge in [-0.1, -0.05) is 0 Å². The quantitative estimate of drug-likeness (QED) is 0.717. The predicted octanol–water partition coefficient (Wildman–Crippen LogP) is 3.35. The van der Waals surface area contributed by atoms with Crippen LogP contribution in [0.15, 0.2) is 24.5 Å². The maximum atomic E-state index is 14.7. The third kappa shape index (κ3) is 5.30. The second kappa shape index (κ2) is 9.05. The summed E-state index contributed by atoms with van der Waals surface area (Å²) in [5.74, 6) is -2.11. The number of esters is 1. The number of anilines is 1. The first-order chi connectivity index (χ1) is 15.0. The van der Waals surface area contributed by atoms with Gasteiger partial charge in [0.05, 0.1) is 18.7 Å². The minimum Gasteiger partial charge on any atom is -0.465 e. The summed E-state index contributed by atoms with van der Waals surface area (Å²) in [6.07, 6.45) is 2.02. The number of hydrogen-bond donors (Lipinski definition) is 1. The van der Waals surface area contributed by atoms with Gasteiger partial charge in [0.2, 0.25) is 5.95 Å². The van der Waals surface area contributed by atoms with E-state index < -0.39 is 41.3 Å². The number of carbonyl (C=O) groups excluding carboxylic acids is 2. The van der Waals surface area contributed by atoms with Crippen LogP contribution < -0.4 is 10.2 Å². The Hall–Kier alpha value is -3.30. The average Bonchev–Trinajstić information content (AvgIpc) is 3.12. The largest absolute Gasteiger partial charge is 0.465 e. The molecule has 0 aliphatic carbocycles. The first-order valence-electron chi connectivity index (χ1n) is 10.1. The van der Waals surface area contributed by atoms with Crippen molar-refractivity contribution in [3.63, 3.8) is 0 Å². The lowest BCUT2D eigenvalue weighted by Crippen LogP contribution is -2.43. The molecule has 32 heavy (non-hydrogen) atoms. The molecule has 1 amide bonds. The monoisotopic (exact) mass is 448 g/mol. The number of aryl methyl sites for hydroxylation is 1. The van der Waals surface area contributed by atoms with Crippen LogP contribution in [0.4, 0.5) is 19.5 Å². The number of amides is 1. The summed E-state index contributed by atoms with van der Waals surface area (Å²) in [7, 11) is 1.26. The molecule has 1 aliphatic heterocycles. The summed E-state index contributed by atoms with van der Waals surface area (Å²) in [5, 5.41) is 2.79. The first kappa shape index (κ1) is 23.4. The molecule has 0 saturated carbocycles. The van der Waals surface area contributed by atoms with Gasteiger partial charge in [0.25, 0.3) is 0 Å². The van der Waals surface area contributed by atoms with Crippen LogP contribution in [0.2, 0.25) is 0 Å². The number of methoxy groups -OCH3 is 1. The topological polar surface area (TPSA) is 93.7 Å². The lowest BCUT2D eigenvalue weighted by atomic mass is 9.92. The van der Waals surface area contributed by atoms with E-state index in [2.05, 4.69) is 20.0 Å². The van der Waals surface area contributed by atoms with Crippen molar-refractivity contribution in [2.45, 2.75) is 45.3 Å². The van der Waals surface area contributed by atoms with Gasteiger partial charge in [0.1, 0.15) is 17.2 Å². The fourth-order valence-electron chi connectivity index (χ4n) is 3.56. The van der Waals surface area contributed by atoms with Crippen LogP contribution in [0.5, 0.6) is 0 Å². The van der Waals surface area contributed by atoms with E-state index in [4.69, 9.17) is 4.74 Å². The molecule has 1 aromatic heterocycles. The summed E-state index contributed by atoms with van der Waals surface area (Å²) < 4.78 is 38.5. The van der Waals surface area contributed by atoms with E-state index in [1.807, 2.05) is 0 Å². The van der Waals surface area contributed by atoms with E-state index in [1.54, 1.807) is 32.6 Å². The Balaban J connectivity index is 1.89. The first-order valence-corrected chi connectivity index (χ1v) is 10.1. The van der Waals surface area contributed by atoms with Gasteiger partial charge in [0.15, 0.2) is 0 Å². The SMILES string of the molecule is COC(=O)c1cnc(N2C[C@H](NC(=O)OC(C)(C)C)[C@@H](c3cc(C)c(F)cc3F)C2)nc1. The number of rotatable bonds is 4. The molecule has 3 rings (SSSR count). The van der Waals surface area contributed by atoms with E-state index in [-0.39, 0.29) is 24.2 Å². The number of nitrogens with one attached hydrogen (secondary N) is 1. The van der Waals surface area contributed by atoms with Gasteiger partial charge >= 0.3 is 12.1 Å². The Bertz CT molecular complexity index is 1010. The number of alkyl carbamates (subject to hydrolysis) is 1. The van der Waals surface area contributed by atoms with Crippen LogP contribution in [0, 0.1) is 18.6 Å². The van der Waals surface area contributed by atoms with Crippen LogP contribution in [0.25, 0.3) is 0 Å². The number of benzene rings is 1. The Kier molecular flexibility index (Phi) is 6.61. The molecular formula is C22H26F2N4O4. The van der Waals surface area contributed by atoms with Gasteiger partial charge in [-0.25, -0.2) is 28.3 Å². The van der Waals surface area contributed by atoms with Crippen molar-refractivity contribution in [2.24, 2.45) is 0 Å². The minimum atomic E-state index is -0.706. The summed E-state index contributed by atoms with van der Waals surface area (Å²) >= 11 is 0. The van der Waals surface area contributed by atoms with Gasteiger partial charge < -0.3 is 19.7 Å². The maximum absolute atomic E-state index is 14.7. The molecule has 8 nitrogen and oxygen atoms in total. The van der Waals surface area contributed by atoms with E-state index in [9.17, 15) is 18.4 Å². The third-order valence-electron chi connectivity index (χ3n) is 5.04. The summed E-state index contributed by atoms with van der Waals surface area (Å²) in [6.45, 7) is 7.30. The molecular weight excluding hydrogens is 422 g/mol. The average molecular weight is 448 g/mol. The maximum Gasteiger partial charge on any atom is 0.407 e. The molecule has 0 unspecified atom stereocenters. The lowest BCUT2D eigenvalue weighted by molar-refractivity contribution is 0.0503. The summed E-state index contributed by atoms with van der Waals surface area (Å²) in [5.41, 5.74) is 0.0615. The van der Waals surface area contributed by atoms with Gasteiger partial charge in [-0.05, 0) is 44.9 Å². The molecule has 1 aromatic carbocycles. The number of carbonyl (C=O) groups is 2. The molecule has 1 N–H and O–H groups in total. The van der Waals surface area contributed by atoms with Gasteiger partial charge in [-0.3, -0.25) is 0 Å². The Morgan fingerprint density at radius 3 is 2.38 bits per heavy atom. The minimum absolute atomic E-state index is 0.190. The molecule has 2 heterocycles. The fourth-order valence-corrected chi connectivity index (χ4v) is 3.56. The number of ether oxygens (including phenoxy) is 2. The zero-order valence-corrected chi connectivity index (χ0v) is 18.6. The van der Waals surface area contributed by atoms with E-state index in [0.29, 0.717) is 11.5 Å². The number of aromatic nitrogens is 2. The van der Waals surface area contributed by atoms with E-state index >= 15 is 0 Å². The number of halogens is 2. The zero-order valence-electron chi connectivity index (χ0n) is 18.6. The van der Waals surface area contributed by atoms with Gasteiger partial charge in [-0.2, -0.15) is 0 Å². The van der Waals surface area contributed by atoms with Crippen molar-refractivity contribution in [3.05, 3.63) is 52.9 Å². The standard InChI is InChI=1S/C22H26F2N4O4/c1-12-6-14(17(24)7-16(12)23)15-10-28(11-18(15)27-21(30)32-22(2,3)4)20-25-8-13(9-26-20)19(29)31-5/h6-9,15,18H,10-11H2,1-5H3,(H,27,30)/t15-,18+/m1/s1. The molecule has 1 saturated heterocycles. The highest BCUT2D eigenvalue weighted by molar-refractivity contribution is 5.88. The Labute approximate surface area is 184 Å². The molecule has 0 bridgehead atoms. The Morgan fingerprint density at radius 2 is 1.78 bits per heavy atom. The highest BCUT2D eigenvalue weighted by Crippen LogP contribution is 2.32. The molecule has 1 fully saturated rings. The second-order valence-corrected chi connectivity index (χ2v) is 8.65. The van der Waals surface area contributed by atoms with Crippen LogP contribution in [-0.2, 0) is 9.47 Å². The van der Waals surface area contributed by atoms with Crippen LogP contribution >= 0.6 is 0 Å². The van der Waals surface area contributed by atoms with Crippen LogP contribution in [-0.4, -0.2) is 53.9 Å². The molecule has 0 spiro atoms. The van der Waals surface area contributed by atoms with Crippen molar-refractivity contribution in [1.82, 2.24) is 15.3 Å². The highest BCUT2D eigenvalue weighted by atomic mass is 19.1. The molecule has 10 heteroatoms. The molecule has 2 atom stereocenters. The second-order valence-electron chi connectivity index (χ2n) is 8.65. The zero-order chi connectivity index (χ0) is 23.6. The molecule has 0 radical (unpaired) electrons. The normalized spacial score (nSPS) is 18.4. The number of hydrogen-bond acceptors (Lipinski definition) is 7.